The zero-order valence-corrected chi connectivity index (χ0v) is 12.2. The monoisotopic (exact) mass is 263 g/mol. The molecule has 19 heavy (non-hydrogen) atoms. The van der Waals surface area contributed by atoms with Crippen LogP contribution in [0.2, 0.25) is 0 Å². The zero-order valence-electron chi connectivity index (χ0n) is 12.2. The van der Waals surface area contributed by atoms with E-state index in [9.17, 15) is 0 Å². The second kappa shape index (κ2) is 5.37. The van der Waals surface area contributed by atoms with Crippen LogP contribution in [0.3, 0.4) is 0 Å². The molecule has 1 unspecified atom stereocenters. The van der Waals surface area contributed by atoms with Gasteiger partial charge in [0.1, 0.15) is 0 Å². The molecule has 1 aliphatic heterocycles. The molecule has 1 N–H and O–H groups in total. The Morgan fingerprint density at radius 2 is 1.58 bits per heavy atom. The molecule has 4 aliphatic carbocycles. The van der Waals surface area contributed by atoms with E-state index in [0.29, 0.717) is 6.10 Å². The molecule has 0 radical (unpaired) electrons. The molecule has 2 nitrogen and oxygen atoms in total. The van der Waals surface area contributed by atoms with E-state index >= 15 is 0 Å². The number of rotatable bonds is 3. The van der Waals surface area contributed by atoms with E-state index in [4.69, 9.17) is 4.74 Å². The lowest BCUT2D eigenvalue weighted by atomic mass is 9.52. The third-order valence-electron chi connectivity index (χ3n) is 6.47. The van der Waals surface area contributed by atoms with Crippen LogP contribution in [-0.4, -0.2) is 25.8 Å². The lowest BCUT2D eigenvalue weighted by molar-refractivity contribution is -0.0873. The minimum absolute atomic E-state index is 0.548. The Morgan fingerprint density at radius 3 is 2.32 bits per heavy atom. The van der Waals surface area contributed by atoms with E-state index in [2.05, 4.69) is 5.32 Å². The smallest absolute Gasteiger partial charge is 0.0587 e. The van der Waals surface area contributed by atoms with Crippen molar-refractivity contribution in [2.75, 3.05) is 19.7 Å². The molecule has 0 aromatic carbocycles. The molecule has 1 heterocycles. The summed E-state index contributed by atoms with van der Waals surface area (Å²) in [6, 6.07) is 0. The number of hydrogen-bond donors (Lipinski definition) is 1. The van der Waals surface area contributed by atoms with Crippen molar-refractivity contribution < 1.29 is 4.74 Å². The average molecular weight is 263 g/mol. The Bertz CT molecular complexity index is 280. The standard InChI is InChI=1S/C17H29NO/c1-2-16(3-5-18-4-1)19-11-17-14-7-12-6-13(9-14)10-15(17)8-12/h12-18H,1-11H2. The summed E-state index contributed by atoms with van der Waals surface area (Å²) in [6.07, 6.45) is 12.1. The molecule has 5 fully saturated rings. The maximum Gasteiger partial charge on any atom is 0.0587 e. The minimum atomic E-state index is 0.548. The SMILES string of the molecule is C1CNCCC(OCC2C3CC4CC(C3)CC2C4)C1. The van der Waals surface area contributed by atoms with Crippen LogP contribution in [0, 0.1) is 29.6 Å². The third kappa shape index (κ3) is 2.58. The number of hydrogen-bond acceptors (Lipinski definition) is 2. The van der Waals surface area contributed by atoms with E-state index in [1.54, 1.807) is 6.42 Å². The van der Waals surface area contributed by atoms with Crippen molar-refractivity contribution in [3.63, 3.8) is 0 Å². The molecule has 1 saturated heterocycles. The van der Waals surface area contributed by atoms with Crippen LogP contribution in [-0.2, 0) is 4.74 Å². The maximum atomic E-state index is 6.35. The lowest BCUT2D eigenvalue weighted by Crippen LogP contribution is -2.47. The van der Waals surface area contributed by atoms with Crippen molar-refractivity contribution in [3.05, 3.63) is 0 Å². The van der Waals surface area contributed by atoms with Gasteiger partial charge in [0.15, 0.2) is 0 Å². The van der Waals surface area contributed by atoms with E-state index in [0.717, 1.165) is 42.7 Å². The number of ether oxygens (including phenoxy) is 1. The van der Waals surface area contributed by atoms with Gasteiger partial charge >= 0.3 is 0 Å². The molecular weight excluding hydrogens is 234 g/mol. The lowest BCUT2D eigenvalue weighted by Gasteiger charge is -2.54. The topological polar surface area (TPSA) is 21.3 Å². The van der Waals surface area contributed by atoms with Crippen molar-refractivity contribution in [1.82, 2.24) is 5.32 Å². The van der Waals surface area contributed by atoms with Crippen LogP contribution in [0.1, 0.15) is 51.4 Å². The highest BCUT2D eigenvalue weighted by molar-refractivity contribution is 4.98. The number of nitrogens with one attached hydrogen (secondary N) is 1. The Morgan fingerprint density at radius 1 is 0.842 bits per heavy atom. The first-order chi connectivity index (χ1) is 9.38. The van der Waals surface area contributed by atoms with E-state index in [-0.39, 0.29) is 0 Å². The Hall–Kier alpha value is -0.0800. The van der Waals surface area contributed by atoms with Crippen molar-refractivity contribution in [1.29, 1.82) is 0 Å². The van der Waals surface area contributed by atoms with Gasteiger partial charge in [0.2, 0.25) is 0 Å². The van der Waals surface area contributed by atoms with Gasteiger partial charge in [-0.15, -0.1) is 0 Å². The van der Waals surface area contributed by atoms with Gasteiger partial charge in [-0.1, -0.05) is 0 Å². The highest BCUT2D eigenvalue weighted by Gasteiger charge is 2.48. The fourth-order valence-electron chi connectivity index (χ4n) is 5.71. The fraction of sp³-hybridized carbons (Fsp3) is 1.00. The van der Waals surface area contributed by atoms with Crippen LogP contribution in [0.25, 0.3) is 0 Å². The summed E-state index contributed by atoms with van der Waals surface area (Å²) in [6.45, 7) is 3.43. The van der Waals surface area contributed by atoms with Crippen LogP contribution in [0.4, 0.5) is 0 Å². The summed E-state index contributed by atoms with van der Waals surface area (Å²) >= 11 is 0. The van der Waals surface area contributed by atoms with E-state index < -0.39 is 0 Å². The van der Waals surface area contributed by atoms with Crippen molar-refractivity contribution in [2.45, 2.75) is 57.5 Å². The molecule has 0 aromatic heterocycles. The van der Waals surface area contributed by atoms with Crippen molar-refractivity contribution in [2.24, 2.45) is 29.6 Å². The fourth-order valence-corrected chi connectivity index (χ4v) is 5.71. The highest BCUT2D eigenvalue weighted by Crippen LogP contribution is 2.56. The van der Waals surface area contributed by atoms with Crippen LogP contribution in [0.15, 0.2) is 0 Å². The predicted octanol–water partition coefficient (Wildman–Crippen LogP) is 3.22. The van der Waals surface area contributed by atoms with Gasteiger partial charge in [-0.3, -0.25) is 0 Å². The zero-order chi connectivity index (χ0) is 12.7. The quantitative estimate of drug-likeness (QED) is 0.844. The largest absolute Gasteiger partial charge is 0.378 e. The van der Waals surface area contributed by atoms with E-state index in [1.165, 1.54) is 51.5 Å². The summed E-state index contributed by atoms with van der Waals surface area (Å²) in [7, 11) is 0. The molecular formula is C17H29NO. The second-order valence-corrected chi connectivity index (χ2v) is 7.73. The molecule has 0 spiro atoms. The van der Waals surface area contributed by atoms with Crippen molar-refractivity contribution >= 4 is 0 Å². The molecule has 4 bridgehead atoms. The Balaban J connectivity index is 1.33. The summed E-state index contributed by atoms with van der Waals surface area (Å²) in [5.41, 5.74) is 0. The summed E-state index contributed by atoms with van der Waals surface area (Å²) in [5.74, 6) is 5.17. The third-order valence-corrected chi connectivity index (χ3v) is 6.47. The molecule has 5 aliphatic rings. The van der Waals surface area contributed by atoms with Crippen LogP contribution in [0.5, 0.6) is 0 Å². The molecule has 2 heteroatoms. The van der Waals surface area contributed by atoms with Gasteiger partial charge in [-0.25, -0.2) is 0 Å². The van der Waals surface area contributed by atoms with Crippen molar-refractivity contribution in [3.8, 4) is 0 Å². The predicted molar refractivity (Wildman–Crippen MR) is 77.0 cm³/mol. The highest BCUT2D eigenvalue weighted by atomic mass is 16.5. The molecule has 0 amide bonds. The summed E-state index contributed by atoms with van der Waals surface area (Å²) in [4.78, 5) is 0. The summed E-state index contributed by atoms with van der Waals surface area (Å²) in [5, 5.41) is 3.49. The Labute approximate surface area is 117 Å². The van der Waals surface area contributed by atoms with Gasteiger partial charge < -0.3 is 10.1 Å². The molecule has 4 saturated carbocycles. The van der Waals surface area contributed by atoms with Gasteiger partial charge in [0, 0.05) is 0 Å². The van der Waals surface area contributed by atoms with Gasteiger partial charge in [-0.2, -0.15) is 0 Å². The average Bonchev–Trinajstić information content (AvgIpc) is 2.66. The van der Waals surface area contributed by atoms with Gasteiger partial charge in [0.05, 0.1) is 12.7 Å². The first kappa shape index (κ1) is 12.6. The first-order valence-electron chi connectivity index (χ1n) is 8.71. The second-order valence-electron chi connectivity index (χ2n) is 7.73. The minimum Gasteiger partial charge on any atom is -0.378 e. The maximum absolute atomic E-state index is 6.35. The van der Waals surface area contributed by atoms with E-state index in [1.807, 2.05) is 0 Å². The Kier molecular flexibility index (Phi) is 3.57. The molecule has 108 valence electrons. The van der Waals surface area contributed by atoms with Crippen LogP contribution < -0.4 is 5.32 Å². The molecule has 0 aromatic rings. The summed E-state index contributed by atoms with van der Waals surface area (Å²) < 4.78 is 6.35. The molecule has 1 atom stereocenters. The molecule has 5 rings (SSSR count). The van der Waals surface area contributed by atoms with Gasteiger partial charge in [-0.05, 0) is 94.0 Å². The van der Waals surface area contributed by atoms with Crippen LogP contribution >= 0.6 is 0 Å². The normalized spacial score (nSPS) is 49.3. The van der Waals surface area contributed by atoms with Gasteiger partial charge in [0.25, 0.3) is 0 Å². The first-order valence-corrected chi connectivity index (χ1v) is 8.71.